The van der Waals surface area contributed by atoms with Crippen molar-refractivity contribution in [1.29, 1.82) is 0 Å². The third-order valence-corrected chi connectivity index (χ3v) is 3.56. The quantitative estimate of drug-likeness (QED) is 0.933. The highest BCUT2D eigenvalue weighted by atomic mass is 35.5. The smallest absolute Gasteiger partial charge is 0.151 e. The van der Waals surface area contributed by atoms with Crippen LogP contribution in [0.5, 0.6) is 0 Å². The van der Waals surface area contributed by atoms with Gasteiger partial charge in [-0.1, -0.05) is 29.8 Å². The van der Waals surface area contributed by atoms with Crippen molar-refractivity contribution in [3.8, 4) is 0 Å². The fourth-order valence-corrected chi connectivity index (χ4v) is 2.16. The lowest BCUT2D eigenvalue weighted by Crippen LogP contribution is -2.23. The van der Waals surface area contributed by atoms with E-state index in [2.05, 4.69) is 17.1 Å². The average molecular weight is 277 g/mol. The van der Waals surface area contributed by atoms with Gasteiger partial charge in [-0.25, -0.2) is 0 Å². The van der Waals surface area contributed by atoms with Crippen LogP contribution in [0, 0.1) is 0 Å². The van der Waals surface area contributed by atoms with E-state index in [0.29, 0.717) is 6.54 Å². The van der Waals surface area contributed by atoms with Crippen LogP contribution in [0.25, 0.3) is 0 Å². The zero-order chi connectivity index (χ0) is 13.8. The van der Waals surface area contributed by atoms with Gasteiger partial charge in [0, 0.05) is 18.6 Å². The highest BCUT2D eigenvalue weighted by Crippen LogP contribution is 2.28. The third kappa shape index (κ3) is 3.03. The van der Waals surface area contributed by atoms with Crippen molar-refractivity contribution < 1.29 is 0 Å². The predicted octanol–water partition coefficient (Wildman–Crippen LogP) is 2.79. The van der Waals surface area contributed by atoms with E-state index in [9.17, 15) is 0 Å². The van der Waals surface area contributed by atoms with Gasteiger partial charge in [-0.05, 0) is 30.7 Å². The average Bonchev–Trinajstić information content (AvgIpc) is 2.46. The summed E-state index contributed by atoms with van der Waals surface area (Å²) in [6.45, 7) is 2.48. The molecule has 19 heavy (non-hydrogen) atoms. The van der Waals surface area contributed by atoms with Crippen LogP contribution in [0.2, 0.25) is 5.02 Å². The topological polar surface area (TPSA) is 55.0 Å². The minimum Gasteiger partial charge on any atom is -0.351 e. The summed E-state index contributed by atoms with van der Waals surface area (Å²) < 4.78 is 0. The maximum atomic E-state index is 6.22. The van der Waals surface area contributed by atoms with E-state index in [4.69, 9.17) is 17.3 Å². The Balaban J connectivity index is 2.23. The van der Waals surface area contributed by atoms with E-state index in [0.717, 1.165) is 22.1 Å². The second-order valence-corrected chi connectivity index (χ2v) is 4.80. The Hall–Kier alpha value is -1.65. The van der Waals surface area contributed by atoms with Crippen molar-refractivity contribution in [3.63, 3.8) is 0 Å². The summed E-state index contributed by atoms with van der Waals surface area (Å²) in [7, 11) is 1.97. The molecule has 2 N–H and O–H groups in total. The molecule has 0 saturated heterocycles. The number of nitrogens with two attached hydrogens (primary N) is 1. The van der Waals surface area contributed by atoms with Gasteiger partial charge in [-0.2, -0.15) is 5.10 Å². The molecule has 100 valence electrons. The lowest BCUT2D eigenvalue weighted by molar-refractivity contribution is 0.716. The molecule has 1 unspecified atom stereocenters. The minimum atomic E-state index is 0.117. The summed E-state index contributed by atoms with van der Waals surface area (Å²) in [5.41, 5.74) is 7.36. The zero-order valence-corrected chi connectivity index (χ0v) is 11.8. The molecule has 5 heteroatoms. The molecule has 4 nitrogen and oxygen atoms in total. The molecule has 0 aliphatic rings. The summed E-state index contributed by atoms with van der Waals surface area (Å²) in [6, 6.07) is 11.7. The Labute approximate surface area is 118 Å². The van der Waals surface area contributed by atoms with Gasteiger partial charge in [0.05, 0.1) is 11.7 Å². The first kappa shape index (κ1) is 13.8. The van der Waals surface area contributed by atoms with Gasteiger partial charge in [0.1, 0.15) is 0 Å². The SMILES string of the molecule is CC(c1ccccc1Cl)N(C)c1ccc(CN)nn1. The minimum absolute atomic E-state index is 0.117. The first-order chi connectivity index (χ1) is 9.13. The second kappa shape index (κ2) is 5.99. The fraction of sp³-hybridized carbons (Fsp3) is 0.286. The number of aromatic nitrogens is 2. The largest absolute Gasteiger partial charge is 0.351 e. The molecule has 0 spiro atoms. The van der Waals surface area contributed by atoms with E-state index >= 15 is 0 Å². The normalized spacial score (nSPS) is 12.2. The van der Waals surface area contributed by atoms with Crippen LogP contribution in [0.3, 0.4) is 0 Å². The van der Waals surface area contributed by atoms with Crippen LogP contribution in [-0.2, 0) is 6.54 Å². The van der Waals surface area contributed by atoms with E-state index in [-0.39, 0.29) is 6.04 Å². The standard InChI is InChI=1S/C14H17ClN4/c1-10(12-5-3-4-6-13(12)15)19(2)14-8-7-11(9-16)17-18-14/h3-8,10H,9,16H2,1-2H3. The molecule has 0 aliphatic heterocycles. The fourth-order valence-electron chi connectivity index (χ4n) is 1.87. The number of benzene rings is 1. The van der Waals surface area contributed by atoms with Crippen LogP contribution >= 0.6 is 11.6 Å². The predicted molar refractivity (Wildman–Crippen MR) is 78.2 cm³/mol. The van der Waals surface area contributed by atoms with Crippen molar-refractivity contribution >= 4 is 17.4 Å². The third-order valence-electron chi connectivity index (χ3n) is 3.21. The molecule has 1 heterocycles. The maximum absolute atomic E-state index is 6.22. The van der Waals surface area contributed by atoms with Crippen LogP contribution in [0.4, 0.5) is 5.82 Å². The van der Waals surface area contributed by atoms with Crippen molar-refractivity contribution in [2.24, 2.45) is 5.73 Å². The van der Waals surface area contributed by atoms with Gasteiger partial charge >= 0.3 is 0 Å². The van der Waals surface area contributed by atoms with Crippen molar-refractivity contribution in [2.45, 2.75) is 19.5 Å². The van der Waals surface area contributed by atoms with Crippen molar-refractivity contribution in [3.05, 3.63) is 52.7 Å². The molecule has 0 radical (unpaired) electrons. The van der Waals surface area contributed by atoms with E-state index < -0.39 is 0 Å². The Bertz CT molecular complexity index is 541. The molecule has 0 bridgehead atoms. The number of rotatable bonds is 4. The maximum Gasteiger partial charge on any atom is 0.151 e. The van der Waals surface area contributed by atoms with Gasteiger partial charge in [0.15, 0.2) is 5.82 Å². The Kier molecular flexibility index (Phi) is 4.35. The summed E-state index contributed by atoms with van der Waals surface area (Å²) >= 11 is 6.22. The van der Waals surface area contributed by atoms with Crippen LogP contribution in [0.15, 0.2) is 36.4 Å². The molecule has 0 aliphatic carbocycles. The molecule has 0 amide bonds. The van der Waals surface area contributed by atoms with Crippen molar-refractivity contribution in [1.82, 2.24) is 10.2 Å². The number of anilines is 1. The molecule has 1 atom stereocenters. The molecule has 0 saturated carbocycles. The molecular weight excluding hydrogens is 260 g/mol. The van der Waals surface area contributed by atoms with Crippen molar-refractivity contribution in [2.75, 3.05) is 11.9 Å². The first-order valence-corrected chi connectivity index (χ1v) is 6.51. The molecule has 0 fully saturated rings. The van der Waals surface area contributed by atoms with Crippen LogP contribution < -0.4 is 10.6 Å². The number of halogens is 1. The summed E-state index contributed by atoms with van der Waals surface area (Å²) in [4.78, 5) is 2.04. The number of hydrogen-bond acceptors (Lipinski definition) is 4. The molecule has 2 rings (SSSR count). The Morgan fingerprint density at radius 2 is 1.95 bits per heavy atom. The van der Waals surface area contributed by atoms with Gasteiger partial charge < -0.3 is 10.6 Å². The Morgan fingerprint density at radius 3 is 2.53 bits per heavy atom. The summed E-state index contributed by atoms with van der Waals surface area (Å²) in [5, 5.41) is 9.00. The summed E-state index contributed by atoms with van der Waals surface area (Å²) in [5.74, 6) is 0.796. The van der Waals surface area contributed by atoms with Gasteiger partial charge in [-0.3, -0.25) is 0 Å². The van der Waals surface area contributed by atoms with Gasteiger partial charge in [-0.15, -0.1) is 5.10 Å². The number of nitrogens with zero attached hydrogens (tertiary/aromatic N) is 3. The van der Waals surface area contributed by atoms with Crippen LogP contribution in [-0.4, -0.2) is 17.2 Å². The highest BCUT2D eigenvalue weighted by Gasteiger charge is 2.16. The first-order valence-electron chi connectivity index (χ1n) is 6.13. The van der Waals surface area contributed by atoms with E-state index in [1.165, 1.54) is 0 Å². The zero-order valence-electron chi connectivity index (χ0n) is 11.0. The lowest BCUT2D eigenvalue weighted by atomic mass is 10.1. The monoisotopic (exact) mass is 276 g/mol. The molecule has 1 aromatic carbocycles. The van der Waals surface area contributed by atoms with Gasteiger partial charge in [0.25, 0.3) is 0 Å². The van der Waals surface area contributed by atoms with E-state index in [1.807, 2.05) is 48.3 Å². The number of hydrogen-bond donors (Lipinski definition) is 1. The lowest BCUT2D eigenvalue weighted by Gasteiger charge is -2.26. The highest BCUT2D eigenvalue weighted by molar-refractivity contribution is 6.31. The Morgan fingerprint density at radius 1 is 1.21 bits per heavy atom. The molecule has 2 aromatic rings. The molecule has 1 aromatic heterocycles. The van der Waals surface area contributed by atoms with Crippen LogP contribution in [0.1, 0.15) is 24.2 Å². The second-order valence-electron chi connectivity index (χ2n) is 4.40. The molecular formula is C14H17ClN4. The van der Waals surface area contributed by atoms with Gasteiger partial charge in [0.2, 0.25) is 0 Å². The summed E-state index contributed by atoms with van der Waals surface area (Å²) in [6.07, 6.45) is 0. The van der Waals surface area contributed by atoms with E-state index in [1.54, 1.807) is 0 Å².